The number of hydrogen-bond acceptors (Lipinski definition) is 3. The minimum atomic E-state index is 0.618. The van der Waals surface area contributed by atoms with Crippen LogP contribution in [0, 0.1) is 0 Å². The summed E-state index contributed by atoms with van der Waals surface area (Å²) in [6.45, 7) is 0. The Bertz CT molecular complexity index is 378. The van der Waals surface area contributed by atoms with Gasteiger partial charge < -0.3 is 5.73 Å². The topological polar surface area (TPSA) is 43.8 Å². The van der Waals surface area contributed by atoms with Crippen molar-refractivity contribution in [2.24, 2.45) is 0 Å². The highest BCUT2D eigenvalue weighted by atomic mass is 32.2. The molecule has 0 amide bonds. The van der Waals surface area contributed by atoms with E-state index < -0.39 is 0 Å². The van der Waals surface area contributed by atoms with Crippen molar-refractivity contribution in [1.29, 1.82) is 0 Å². The molecule has 2 heterocycles. The summed E-state index contributed by atoms with van der Waals surface area (Å²) < 4.78 is 2.26. The van der Waals surface area contributed by atoms with Crippen molar-refractivity contribution in [3.8, 4) is 0 Å². The smallest absolute Gasteiger partial charge is 0.149 e. The molecule has 0 radical (unpaired) electrons. The molecule has 0 spiro atoms. The number of thioether (sulfide) groups is 1. The van der Waals surface area contributed by atoms with Gasteiger partial charge in [0.05, 0.1) is 11.7 Å². The first-order valence-electron chi connectivity index (χ1n) is 6.30. The molecule has 2 N–H and O–H groups in total. The van der Waals surface area contributed by atoms with Gasteiger partial charge in [0.2, 0.25) is 0 Å². The second-order valence-corrected chi connectivity index (χ2v) is 5.88. The predicted molar refractivity (Wildman–Crippen MR) is 68.4 cm³/mol. The van der Waals surface area contributed by atoms with Crippen LogP contribution in [0.5, 0.6) is 0 Å². The summed E-state index contributed by atoms with van der Waals surface area (Å²) in [4.78, 5) is 0. The molecule has 1 aromatic heterocycles. The average molecular weight is 237 g/mol. The number of aromatic nitrogens is 2. The van der Waals surface area contributed by atoms with Crippen LogP contribution in [0.2, 0.25) is 0 Å². The molecule has 88 valence electrons. The first-order chi connectivity index (χ1) is 7.86. The van der Waals surface area contributed by atoms with Crippen LogP contribution in [0.1, 0.15) is 55.8 Å². The fourth-order valence-corrected chi connectivity index (χ4v) is 4.01. The lowest BCUT2D eigenvalue weighted by atomic mass is 10.1. The van der Waals surface area contributed by atoms with Gasteiger partial charge in [0.25, 0.3) is 0 Å². The van der Waals surface area contributed by atoms with E-state index in [2.05, 4.69) is 9.78 Å². The normalized spacial score (nSPS) is 22.0. The van der Waals surface area contributed by atoms with Crippen LogP contribution in [0.25, 0.3) is 0 Å². The van der Waals surface area contributed by atoms with E-state index in [1.807, 2.05) is 11.8 Å². The zero-order valence-electron chi connectivity index (χ0n) is 9.61. The molecule has 1 aliphatic carbocycles. The van der Waals surface area contributed by atoms with E-state index in [0.29, 0.717) is 6.04 Å². The van der Waals surface area contributed by atoms with E-state index in [9.17, 15) is 0 Å². The molecule has 0 bridgehead atoms. The fourth-order valence-electron chi connectivity index (χ4n) is 2.89. The number of anilines is 1. The van der Waals surface area contributed by atoms with Gasteiger partial charge >= 0.3 is 0 Å². The fraction of sp³-hybridized carbons (Fsp3) is 0.750. The maximum Gasteiger partial charge on any atom is 0.149 e. The van der Waals surface area contributed by atoms with Crippen molar-refractivity contribution in [2.75, 3.05) is 5.73 Å². The zero-order chi connectivity index (χ0) is 11.0. The van der Waals surface area contributed by atoms with Gasteiger partial charge in [0.15, 0.2) is 0 Å². The Morgan fingerprint density at radius 1 is 1.12 bits per heavy atom. The van der Waals surface area contributed by atoms with Crippen molar-refractivity contribution < 1.29 is 0 Å². The van der Waals surface area contributed by atoms with Crippen LogP contribution in [0.4, 0.5) is 5.82 Å². The SMILES string of the molecule is Nc1nn(C2CCCCCC2)c2c1CSC2. The van der Waals surface area contributed by atoms with Crippen LogP contribution in [0.3, 0.4) is 0 Å². The standard InChI is InChI=1S/C12H19N3S/c13-12-10-7-16-8-11(10)15(14-12)9-5-3-1-2-4-6-9/h9H,1-8H2,(H2,13,14). The molecule has 0 saturated heterocycles. The molecule has 0 aromatic carbocycles. The molecule has 0 unspecified atom stereocenters. The van der Waals surface area contributed by atoms with Gasteiger partial charge in [-0.15, -0.1) is 0 Å². The first-order valence-corrected chi connectivity index (χ1v) is 7.45. The van der Waals surface area contributed by atoms with E-state index in [-0.39, 0.29) is 0 Å². The maximum atomic E-state index is 5.99. The lowest BCUT2D eigenvalue weighted by Crippen LogP contribution is -2.12. The van der Waals surface area contributed by atoms with Gasteiger partial charge in [-0.1, -0.05) is 25.7 Å². The minimum Gasteiger partial charge on any atom is -0.382 e. The van der Waals surface area contributed by atoms with E-state index >= 15 is 0 Å². The third kappa shape index (κ3) is 1.73. The molecule has 4 heteroatoms. The summed E-state index contributed by atoms with van der Waals surface area (Å²) in [5, 5.41) is 4.58. The lowest BCUT2D eigenvalue weighted by Gasteiger charge is -2.17. The number of hydrogen-bond donors (Lipinski definition) is 1. The monoisotopic (exact) mass is 237 g/mol. The molecule has 1 fully saturated rings. The molecule has 1 aromatic rings. The summed E-state index contributed by atoms with van der Waals surface area (Å²) in [6, 6.07) is 0.618. The number of nitrogens with two attached hydrogens (primary N) is 1. The second kappa shape index (κ2) is 4.32. The van der Waals surface area contributed by atoms with Gasteiger partial charge in [0.1, 0.15) is 5.82 Å². The Kier molecular flexibility index (Phi) is 2.84. The van der Waals surface area contributed by atoms with E-state index in [0.717, 1.165) is 17.3 Å². The van der Waals surface area contributed by atoms with E-state index in [1.54, 1.807) is 0 Å². The van der Waals surface area contributed by atoms with E-state index in [4.69, 9.17) is 5.73 Å². The minimum absolute atomic E-state index is 0.618. The molecule has 1 saturated carbocycles. The highest BCUT2D eigenvalue weighted by Gasteiger charge is 2.25. The predicted octanol–water partition coefficient (Wildman–Crippen LogP) is 3.11. The Morgan fingerprint density at radius 3 is 2.62 bits per heavy atom. The largest absolute Gasteiger partial charge is 0.382 e. The summed E-state index contributed by atoms with van der Waals surface area (Å²) in [5.41, 5.74) is 8.72. The second-order valence-electron chi connectivity index (χ2n) is 4.89. The molecular weight excluding hydrogens is 218 g/mol. The van der Waals surface area contributed by atoms with Crippen molar-refractivity contribution in [3.63, 3.8) is 0 Å². The first kappa shape index (κ1) is 10.5. The Labute approximate surface area is 101 Å². The van der Waals surface area contributed by atoms with Crippen LogP contribution in [-0.2, 0) is 11.5 Å². The van der Waals surface area contributed by atoms with Crippen molar-refractivity contribution >= 4 is 17.6 Å². The molecule has 3 nitrogen and oxygen atoms in total. The summed E-state index contributed by atoms with van der Waals surface area (Å²) in [5.74, 6) is 2.95. The van der Waals surface area contributed by atoms with Gasteiger partial charge in [0, 0.05) is 17.1 Å². The molecular formula is C12H19N3S. The van der Waals surface area contributed by atoms with Crippen LogP contribution >= 0.6 is 11.8 Å². The van der Waals surface area contributed by atoms with Crippen LogP contribution in [-0.4, -0.2) is 9.78 Å². The Balaban J connectivity index is 1.90. The Hall–Kier alpha value is -0.640. The van der Waals surface area contributed by atoms with Gasteiger partial charge in [-0.25, -0.2) is 0 Å². The molecule has 0 atom stereocenters. The number of rotatable bonds is 1. The van der Waals surface area contributed by atoms with E-state index in [1.165, 1.54) is 49.8 Å². The van der Waals surface area contributed by atoms with Crippen molar-refractivity contribution in [3.05, 3.63) is 11.3 Å². The summed E-state index contributed by atoms with van der Waals surface area (Å²) >= 11 is 1.97. The average Bonchev–Trinajstić information content (AvgIpc) is 2.75. The number of fused-ring (bicyclic) bond motifs is 1. The highest BCUT2D eigenvalue weighted by Crippen LogP contribution is 2.37. The molecule has 16 heavy (non-hydrogen) atoms. The number of nitrogens with zero attached hydrogens (tertiary/aromatic N) is 2. The van der Waals surface area contributed by atoms with Gasteiger partial charge in [-0.05, 0) is 12.8 Å². The zero-order valence-corrected chi connectivity index (χ0v) is 10.4. The lowest BCUT2D eigenvalue weighted by molar-refractivity contribution is 0.398. The molecule has 3 rings (SSSR count). The van der Waals surface area contributed by atoms with Crippen LogP contribution < -0.4 is 5.73 Å². The number of nitrogen functional groups attached to an aromatic ring is 1. The maximum absolute atomic E-state index is 5.99. The molecule has 2 aliphatic rings. The third-order valence-corrected chi connectivity index (χ3v) is 4.78. The summed E-state index contributed by atoms with van der Waals surface area (Å²) in [7, 11) is 0. The highest BCUT2D eigenvalue weighted by molar-refractivity contribution is 7.98. The van der Waals surface area contributed by atoms with Crippen molar-refractivity contribution in [1.82, 2.24) is 9.78 Å². The van der Waals surface area contributed by atoms with Gasteiger partial charge in [-0.2, -0.15) is 16.9 Å². The molecule has 1 aliphatic heterocycles. The quantitative estimate of drug-likeness (QED) is 0.763. The Morgan fingerprint density at radius 2 is 1.88 bits per heavy atom. The summed E-state index contributed by atoms with van der Waals surface area (Å²) in [6.07, 6.45) is 8.07. The third-order valence-electron chi connectivity index (χ3n) is 3.81. The van der Waals surface area contributed by atoms with Gasteiger partial charge in [-0.3, -0.25) is 4.68 Å². The van der Waals surface area contributed by atoms with Crippen LogP contribution in [0.15, 0.2) is 0 Å². The van der Waals surface area contributed by atoms with Crippen molar-refractivity contribution in [2.45, 2.75) is 56.1 Å².